The molecule has 2 bridgehead atoms. The van der Waals surface area contributed by atoms with Crippen molar-refractivity contribution in [2.75, 3.05) is 26.0 Å². The normalized spacial score (nSPS) is 21.0. The van der Waals surface area contributed by atoms with Gasteiger partial charge < -0.3 is 30.3 Å². The molecular weight excluding hydrogens is 618 g/mol. The quantitative estimate of drug-likeness (QED) is 0.222. The zero-order chi connectivity index (χ0) is 34.6. The van der Waals surface area contributed by atoms with Crippen LogP contribution in [0, 0.1) is 30.1 Å². The van der Waals surface area contributed by atoms with E-state index in [-0.39, 0.29) is 30.2 Å². The van der Waals surface area contributed by atoms with E-state index in [1.54, 1.807) is 31.2 Å². The maximum absolute atomic E-state index is 13.5. The van der Waals surface area contributed by atoms with Crippen LogP contribution in [0.4, 0.5) is 5.69 Å². The van der Waals surface area contributed by atoms with Crippen molar-refractivity contribution in [1.29, 1.82) is 5.26 Å². The number of carbonyl (C=O) groups excluding carboxylic acids is 5. The first-order chi connectivity index (χ1) is 23.0. The summed E-state index contributed by atoms with van der Waals surface area (Å²) in [7, 11) is 3.12. The summed E-state index contributed by atoms with van der Waals surface area (Å²) >= 11 is 0. The minimum absolute atomic E-state index is 0.0257. The van der Waals surface area contributed by atoms with E-state index in [0.29, 0.717) is 29.0 Å². The summed E-state index contributed by atoms with van der Waals surface area (Å²) in [6.45, 7) is 1.99. The van der Waals surface area contributed by atoms with Crippen LogP contribution in [0.25, 0.3) is 11.0 Å². The number of para-hydroxylation sites is 1. The number of ketones is 1. The second kappa shape index (κ2) is 14.2. The summed E-state index contributed by atoms with van der Waals surface area (Å²) in [5, 5.41) is 21.1. The molecule has 252 valence electrons. The highest BCUT2D eigenvalue weighted by Gasteiger charge is 2.50. The Balaban J connectivity index is 1.32. The molecule has 3 aromatic rings. The zero-order valence-electron chi connectivity index (χ0n) is 27.1. The van der Waals surface area contributed by atoms with E-state index in [0.717, 1.165) is 30.3 Å². The Kier molecular flexibility index (Phi) is 10.1. The minimum atomic E-state index is -1.34. The average molecular weight is 658 g/mol. The van der Waals surface area contributed by atoms with E-state index in [1.165, 1.54) is 25.4 Å². The lowest BCUT2D eigenvalue weighted by atomic mass is 9.71. The summed E-state index contributed by atoms with van der Waals surface area (Å²) in [5.74, 6) is -3.29. The van der Waals surface area contributed by atoms with E-state index < -0.39 is 53.2 Å². The molecule has 2 aromatic heterocycles. The predicted octanol–water partition coefficient (Wildman–Crippen LogP) is 1.82. The number of hydrogen-bond acceptors (Lipinski definition) is 9. The number of aromatic nitrogens is 1. The number of nitrogens with zero attached hydrogens (tertiary/aromatic N) is 3. The molecule has 14 nitrogen and oxygen atoms in total. The first kappa shape index (κ1) is 34.1. The molecular formula is C34H39N7O7. The van der Waals surface area contributed by atoms with E-state index >= 15 is 0 Å². The molecule has 0 spiro atoms. The van der Waals surface area contributed by atoms with Crippen LogP contribution in [0.3, 0.4) is 0 Å². The van der Waals surface area contributed by atoms with E-state index in [9.17, 15) is 34.0 Å². The van der Waals surface area contributed by atoms with Gasteiger partial charge in [-0.2, -0.15) is 5.26 Å². The third-order valence-corrected chi connectivity index (χ3v) is 9.41. The first-order valence-electron chi connectivity index (χ1n) is 15.9. The monoisotopic (exact) mass is 657 g/mol. The maximum atomic E-state index is 13.5. The van der Waals surface area contributed by atoms with Crippen LogP contribution in [-0.4, -0.2) is 71.2 Å². The molecule has 1 saturated carbocycles. The maximum Gasteiger partial charge on any atom is 0.287 e. The molecule has 4 amide bonds. The van der Waals surface area contributed by atoms with Gasteiger partial charge in [0.2, 0.25) is 17.6 Å². The van der Waals surface area contributed by atoms with Crippen molar-refractivity contribution in [2.24, 2.45) is 11.8 Å². The van der Waals surface area contributed by atoms with Gasteiger partial charge in [0.25, 0.3) is 17.4 Å². The van der Waals surface area contributed by atoms with Crippen LogP contribution in [0.15, 0.2) is 51.8 Å². The number of benzene rings is 1. The molecule has 1 aromatic carbocycles. The van der Waals surface area contributed by atoms with Crippen molar-refractivity contribution < 1.29 is 28.4 Å². The molecule has 1 aliphatic heterocycles. The van der Waals surface area contributed by atoms with Crippen LogP contribution in [0.5, 0.6) is 0 Å². The third-order valence-electron chi connectivity index (χ3n) is 9.41. The molecule has 1 saturated heterocycles. The molecule has 4 atom stereocenters. The number of furan rings is 1. The van der Waals surface area contributed by atoms with Crippen LogP contribution in [0.2, 0.25) is 0 Å². The Hall–Kier alpha value is -5.29. The molecule has 0 radical (unpaired) electrons. The number of anilines is 1. The fourth-order valence-corrected chi connectivity index (χ4v) is 6.88. The van der Waals surface area contributed by atoms with Gasteiger partial charge in [-0.3, -0.25) is 33.7 Å². The van der Waals surface area contributed by atoms with E-state index in [2.05, 4.69) is 27.3 Å². The van der Waals surface area contributed by atoms with E-state index in [4.69, 9.17) is 4.42 Å². The predicted molar refractivity (Wildman–Crippen MR) is 174 cm³/mol. The molecule has 2 fully saturated rings. The van der Waals surface area contributed by atoms with Gasteiger partial charge in [0.15, 0.2) is 11.4 Å². The smallest absolute Gasteiger partial charge is 0.287 e. The largest absolute Gasteiger partial charge is 0.451 e. The van der Waals surface area contributed by atoms with Gasteiger partial charge in [0.05, 0.1) is 0 Å². The SMILES string of the molecule is CNC(=O)C(=O)CC[C@H](NC(=O)c1oc2ccccc2c1C)C(=O)Nc1cccn(CC(=O)NC2(C#N)C3CCCC(C3)CN2C)c1=O. The second-order valence-electron chi connectivity index (χ2n) is 12.5. The van der Waals surface area contributed by atoms with Crippen LogP contribution < -0.4 is 26.8 Å². The van der Waals surface area contributed by atoms with Gasteiger partial charge in [-0.25, -0.2) is 0 Å². The third kappa shape index (κ3) is 6.86. The summed E-state index contributed by atoms with van der Waals surface area (Å²) in [4.78, 5) is 79.5. The number of fused-ring (bicyclic) bond motifs is 3. The number of pyridine rings is 1. The van der Waals surface area contributed by atoms with Crippen LogP contribution >= 0.6 is 0 Å². The number of carbonyl (C=O) groups is 5. The van der Waals surface area contributed by atoms with Gasteiger partial charge in [-0.05, 0) is 63.8 Å². The first-order valence-corrected chi connectivity index (χ1v) is 15.9. The molecule has 48 heavy (non-hydrogen) atoms. The molecule has 3 heterocycles. The lowest BCUT2D eigenvalue weighted by Crippen LogP contribution is -2.67. The summed E-state index contributed by atoms with van der Waals surface area (Å²) in [5.41, 5.74) is -1.02. The zero-order valence-corrected chi connectivity index (χ0v) is 27.1. The molecule has 3 unspecified atom stereocenters. The number of amides is 4. The van der Waals surface area contributed by atoms with E-state index in [1.807, 2.05) is 11.9 Å². The number of rotatable bonds is 11. The molecule has 5 rings (SSSR count). The standard InChI is InChI=1S/C34H39N7O7/c1-20-23-10-4-5-12-27(23)48-29(20)32(46)37-24(13-14-26(42)31(45)36-2)30(44)38-25-11-7-15-41(33(25)47)18-28(43)39-34(19-35)22-9-6-8-21(16-22)17-40(34)3/h4-5,7,10-12,15,21-22,24H,6,8-9,13-14,16-18H2,1-3H3,(H,36,45)(H,37,46)(H,38,44)(H,39,43)/t21?,22?,24-,34?/m0/s1. The molecule has 4 N–H and O–H groups in total. The number of hydrogen-bond donors (Lipinski definition) is 4. The van der Waals surface area contributed by atoms with Gasteiger partial charge in [0, 0.05) is 43.1 Å². The summed E-state index contributed by atoms with van der Waals surface area (Å²) < 4.78 is 6.84. The van der Waals surface area contributed by atoms with Crippen molar-refractivity contribution in [3.63, 3.8) is 0 Å². The van der Waals surface area contributed by atoms with Gasteiger partial charge in [-0.1, -0.05) is 24.6 Å². The topological polar surface area (TPSA) is 196 Å². The lowest BCUT2D eigenvalue weighted by molar-refractivity contribution is -0.137. The number of likely N-dealkylation sites (tertiary alicyclic amines) is 1. The second-order valence-corrected chi connectivity index (χ2v) is 12.5. The van der Waals surface area contributed by atoms with Crippen molar-refractivity contribution in [3.05, 3.63) is 64.3 Å². The fraction of sp³-hybridized carbons (Fsp3) is 0.441. The summed E-state index contributed by atoms with van der Waals surface area (Å²) in [6.07, 6.45) is 4.52. The number of nitrogens with one attached hydrogen (secondary N) is 4. The Bertz CT molecular complexity index is 1860. The van der Waals surface area contributed by atoms with Crippen molar-refractivity contribution in [1.82, 2.24) is 25.4 Å². The van der Waals surface area contributed by atoms with Crippen molar-refractivity contribution in [2.45, 2.75) is 63.7 Å². The highest BCUT2D eigenvalue weighted by Crippen LogP contribution is 2.42. The molecule has 1 aliphatic carbocycles. The van der Waals surface area contributed by atoms with Gasteiger partial charge in [-0.15, -0.1) is 0 Å². The Morgan fingerprint density at radius 1 is 1.12 bits per heavy atom. The summed E-state index contributed by atoms with van der Waals surface area (Å²) in [6, 6.07) is 10.9. The Morgan fingerprint density at radius 3 is 2.62 bits per heavy atom. The number of Topliss-reactive ketones (excluding diaryl/α,β-unsaturated/α-hetero) is 1. The van der Waals surface area contributed by atoms with Crippen LogP contribution in [0.1, 0.15) is 54.6 Å². The van der Waals surface area contributed by atoms with Gasteiger partial charge >= 0.3 is 0 Å². The number of piperidine rings is 1. The Morgan fingerprint density at radius 2 is 1.90 bits per heavy atom. The minimum Gasteiger partial charge on any atom is -0.451 e. The number of aryl methyl sites for hydroxylation is 1. The van der Waals surface area contributed by atoms with Gasteiger partial charge in [0.1, 0.15) is 29.9 Å². The Labute approximate surface area is 276 Å². The van der Waals surface area contributed by atoms with Crippen LogP contribution in [-0.2, 0) is 25.7 Å². The highest BCUT2D eigenvalue weighted by atomic mass is 16.3. The average Bonchev–Trinajstić information content (AvgIpc) is 3.42. The van der Waals surface area contributed by atoms with Crippen molar-refractivity contribution in [3.8, 4) is 6.07 Å². The molecule has 14 heteroatoms. The highest BCUT2D eigenvalue weighted by molar-refractivity contribution is 6.36. The number of nitriles is 1. The molecule has 2 aliphatic rings. The fourth-order valence-electron chi connectivity index (χ4n) is 6.88. The lowest BCUT2D eigenvalue weighted by Gasteiger charge is -2.51. The van der Waals surface area contributed by atoms with Crippen molar-refractivity contribution >= 4 is 46.1 Å². The number of likely N-dealkylation sites (N-methyl/N-ethyl adjacent to an activating group) is 1.